The lowest BCUT2D eigenvalue weighted by Gasteiger charge is -2.57. The van der Waals surface area contributed by atoms with Crippen LogP contribution in [0.5, 0.6) is 0 Å². The summed E-state index contributed by atoms with van der Waals surface area (Å²) in [6.45, 7) is -0.738. The van der Waals surface area contributed by atoms with Crippen molar-refractivity contribution in [3.8, 4) is 0 Å². The fourth-order valence-electron chi connectivity index (χ4n) is 4.12. The van der Waals surface area contributed by atoms with Crippen molar-refractivity contribution in [2.24, 2.45) is 0 Å². The number of sulfone groups is 1. The number of rotatable bonds is 12. The molecule has 0 aromatic carbocycles. The second-order valence-electron chi connectivity index (χ2n) is 9.35. The van der Waals surface area contributed by atoms with E-state index in [4.69, 9.17) is 83.8 Å². The number of carbonyl (C=O) groups excluding carboxylic acids is 5. The molecule has 12 nitrogen and oxygen atoms in total. The van der Waals surface area contributed by atoms with Crippen LogP contribution in [0.25, 0.3) is 0 Å². The number of carbonyl (C=O) groups is 5. The number of esters is 3. The lowest BCUT2D eigenvalue weighted by atomic mass is 9.87. The third-order valence-corrected chi connectivity index (χ3v) is 10.3. The van der Waals surface area contributed by atoms with Crippen molar-refractivity contribution in [1.82, 2.24) is 10.2 Å². The monoisotopic (exact) mass is 792 g/mol. The molecule has 21 heteroatoms. The minimum absolute atomic E-state index is 0.0617. The number of thiophene rings is 1. The fourth-order valence-corrected chi connectivity index (χ4v) is 8.31. The molecular formula is C23H22Cl6N2O10S3. The average molecular weight is 795 g/mol. The topological polar surface area (TPSA) is 162 Å². The molecule has 2 atom stereocenters. The standard InChI is InChI=1S/C23H22Cl6N2O10S3/c1-12(32)39-6-13-7-43-20-21(30-15(33)5-14-3-2-4-42-14,11-44(37,38)8-16(34)40-9-22(24,25)26)19(36)31(20)17(13)18(35)41-10-23(27,28)29/h2-4,20H,5-11H2,1H3,(H,30,33)/t20-,21-/m1/s1. The van der Waals surface area contributed by atoms with Crippen LogP contribution in [0, 0.1) is 0 Å². The lowest BCUT2D eigenvalue weighted by Crippen LogP contribution is -2.82. The molecule has 1 fully saturated rings. The molecule has 1 aromatic heterocycles. The Bertz CT molecular complexity index is 1440. The van der Waals surface area contributed by atoms with Gasteiger partial charge in [-0.05, 0) is 11.4 Å². The Morgan fingerprint density at radius 2 is 1.70 bits per heavy atom. The summed E-state index contributed by atoms with van der Waals surface area (Å²) in [5.74, 6) is -7.14. The van der Waals surface area contributed by atoms with Gasteiger partial charge in [-0.25, -0.2) is 13.2 Å². The van der Waals surface area contributed by atoms with E-state index in [1.165, 1.54) is 11.3 Å². The Hall–Kier alpha value is -1.17. The van der Waals surface area contributed by atoms with E-state index in [-0.39, 0.29) is 23.4 Å². The van der Waals surface area contributed by atoms with Crippen LogP contribution in [-0.4, -0.2) is 98.6 Å². The van der Waals surface area contributed by atoms with Gasteiger partial charge in [0.1, 0.15) is 36.6 Å². The number of thioether (sulfide) groups is 1. The minimum Gasteiger partial charge on any atom is -0.461 e. The van der Waals surface area contributed by atoms with Crippen LogP contribution in [-0.2, 0) is 54.4 Å². The first kappa shape index (κ1) is 37.3. The molecule has 1 N–H and O–H groups in total. The van der Waals surface area contributed by atoms with E-state index in [0.717, 1.165) is 23.6 Å². The molecular weight excluding hydrogens is 773 g/mol. The zero-order valence-corrected chi connectivity index (χ0v) is 29.3. The number of fused-ring (bicyclic) bond motifs is 1. The molecule has 44 heavy (non-hydrogen) atoms. The molecule has 3 rings (SSSR count). The molecule has 0 saturated carbocycles. The lowest BCUT2D eigenvalue weighted by molar-refractivity contribution is -0.159. The number of alkyl halides is 6. The Balaban J connectivity index is 1.96. The van der Waals surface area contributed by atoms with Crippen LogP contribution in [0.2, 0.25) is 0 Å². The van der Waals surface area contributed by atoms with E-state index in [0.29, 0.717) is 4.88 Å². The Labute approximate surface area is 289 Å². The highest BCUT2D eigenvalue weighted by Crippen LogP contribution is 2.47. The highest BCUT2D eigenvalue weighted by molar-refractivity contribution is 8.00. The Morgan fingerprint density at radius 1 is 1.07 bits per heavy atom. The first-order valence-corrected chi connectivity index (χ1v) is 18.1. The van der Waals surface area contributed by atoms with E-state index in [1.54, 1.807) is 17.5 Å². The Morgan fingerprint density at radius 3 is 2.27 bits per heavy atom. The molecule has 1 aromatic rings. The van der Waals surface area contributed by atoms with Crippen molar-refractivity contribution >= 4 is 132 Å². The van der Waals surface area contributed by atoms with Gasteiger partial charge in [-0.15, -0.1) is 23.1 Å². The fraction of sp³-hybridized carbons (Fsp3) is 0.522. The van der Waals surface area contributed by atoms with Crippen molar-refractivity contribution in [1.29, 1.82) is 0 Å². The van der Waals surface area contributed by atoms with Gasteiger partial charge in [0.2, 0.25) is 13.5 Å². The van der Waals surface area contributed by atoms with Gasteiger partial charge in [0.05, 0.1) is 12.2 Å². The smallest absolute Gasteiger partial charge is 0.355 e. The zero-order chi connectivity index (χ0) is 33.1. The van der Waals surface area contributed by atoms with Gasteiger partial charge in [0, 0.05) is 23.1 Å². The van der Waals surface area contributed by atoms with Gasteiger partial charge in [-0.2, -0.15) is 0 Å². The summed E-state index contributed by atoms with van der Waals surface area (Å²) in [6.07, 6.45) is -0.193. The van der Waals surface area contributed by atoms with Gasteiger partial charge < -0.3 is 19.5 Å². The molecule has 2 aliphatic rings. The van der Waals surface area contributed by atoms with Crippen LogP contribution in [0.4, 0.5) is 0 Å². The first-order chi connectivity index (χ1) is 20.2. The summed E-state index contributed by atoms with van der Waals surface area (Å²) in [7, 11) is -4.49. The van der Waals surface area contributed by atoms with E-state index >= 15 is 0 Å². The van der Waals surface area contributed by atoms with E-state index in [1.807, 2.05) is 0 Å². The van der Waals surface area contributed by atoms with Gasteiger partial charge in [-0.1, -0.05) is 75.7 Å². The number of hydrogen-bond donors (Lipinski definition) is 1. The number of ether oxygens (including phenoxy) is 3. The van der Waals surface area contributed by atoms with E-state index in [2.05, 4.69) is 5.32 Å². The molecule has 0 radical (unpaired) electrons. The molecule has 2 aliphatic heterocycles. The minimum atomic E-state index is -4.49. The summed E-state index contributed by atoms with van der Waals surface area (Å²) in [6, 6.07) is 3.37. The van der Waals surface area contributed by atoms with E-state index < -0.39 is 89.4 Å². The van der Waals surface area contributed by atoms with Crippen molar-refractivity contribution < 1.29 is 46.6 Å². The number of nitrogens with one attached hydrogen (secondary N) is 1. The quantitative estimate of drug-likeness (QED) is 0.143. The number of nitrogens with zero attached hydrogens (tertiary/aromatic N) is 1. The molecule has 2 amide bonds. The van der Waals surface area contributed by atoms with Crippen LogP contribution in [0.15, 0.2) is 28.8 Å². The number of β-lactam (4-membered cyclic amide) rings is 1. The SMILES string of the molecule is CC(=O)OCC1=C(C(=O)OCC(Cl)(Cl)Cl)N2C(=O)[C@@](CS(=O)(=O)CC(=O)OCC(Cl)(Cl)Cl)(NC(=O)Cc3cccs3)[C@H]2SC1. The number of amides is 2. The van der Waals surface area contributed by atoms with Gasteiger partial charge in [-0.3, -0.25) is 24.1 Å². The molecule has 3 heterocycles. The largest absolute Gasteiger partial charge is 0.461 e. The van der Waals surface area contributed by atoms with Crippen molar-refractivity contribution in [2.45, 2.75) is 31.8 Å². The third kappa shape index (κ3) is 10.2. The zero-order valence-electron chi connectivity index (χ0n) is 22.3. The molecule has 0 unspecified atom stereocenters. The van der Waals surface area contributed by atoms with Crippen LogP contribution in [0.1, 0.15) is 11.8 Å². The van der Waals surface area contributed by atoms with Crippen molar-refractivity contribution in [2.75, 3.05) is 37.1 Å². The highest BCUT2D eigenvalue weighted by Gasteiger charge is 2.67. The second kappa shape index (κ2) is 14.7. The van der Waals surface area contributed by atoms with Gasteiger partial charge in [0.25, 0.3) is 5.91 Å². The Kier molecular flexibility index (Phi) is 12.5. The summed E-state index contributed by atoms with van der Waals surface area (Å²) < 4.78 is 37.3. The summed E-state index contributed by atoms with van der Waals surface area (Å²) in [4.78, 5) is 65.5. The van der Waals surface area contributed by atoms with Crippen LogP contribution in [0.3, 0.4) is 0 Å². The molecule has 0 bridgehead atoms. The normalized spacial score (nSPS) is 20.4. The highest BCUT2D eigenvalue weighted by atomic mass is 35.6. The van der Waals surface area contributed by atoms with Crippen LogP contribution < -0.4 is 5.32 Å². The molecule has 244 valence electrons. The maximum atomic E-state index is 13.9. The van der Waals surface area contributed by atoms with Gasteiger partial charge >= 0.3 is 17.9 Å². The van der Waals surface area contributed by atoms with Gasteiger partial charge in [0.15, 0.2) is 15.4 Å². The predicted octanol–water partition coefficient (Wildman–Crippen LogP) is 3.12. The third-order valence-electron chi connectivity index (χ3n) is 5.72. The summed E-state index contributed by atoms with van der Waals surface area (Å²) in [5.41, 5.74) is -2.38. The first-order valence-electron chi connectivity index (χ1n) is 12.0. The van der Waals surface area contributed by atoms with Crippen LogP contribution >= 0.6 is 92.7 Å². The van der Waals surface area contributed by atoms with Crippen molar-refractivity contribution in [3.63, 3.8) is 0 Å². The molecule has 0 spiro atoms. The van der Waals surface area contributed by atoms with E-state index in [9.17, 15) is 32.4 Å². The maximum Gasteiger partial charge on any atom is 0.355 e. The molecule has 0 aliphatic carbocycles. The maximum absolute atomic E-state index is 13.9. The summed E-state index contributed by atoms with van der Waals surface area (Å²) in [5, 5.41) is 3.06. The number of halogens is 6. The summed E-state index contributed by atoms with van der Waals surface area (Å²) >= 11 is 36.0. The second-order valence-corrected chi connectivity index (χ2v) is 18.5. The average Bonchev–Trinajstić information content (AvgIpc) is 3.39. The van der Waals surface area contributed by atoms with Crippen molar-refractivity contribution in [3.05, 3.63) is 33.7 Å². The number of hydrogen-bond acceptors (Lipinski definition) is 12. The molecule has 1 saturated heterocycles. The predicted molar refractivity (Wildman–Crippen MR) is 167 cm³/mol.